The van der Waals surface area contributed by atoms with Crippen LogP contribution in [-0.4, -0.2) is 42.2 Å². The van der Waals surface area contributed by atoms with Crippen molar-refractivity contribution < 1.29 is 31.2 Å². The Morgan fingerprint density at radius 2 is 1.77 bits per heavy atom. The second-order valence-corrected chi connectivity index (χ2v) is 9.32. The summed E-state index contributed by atoms with van der Waals surface area (Å²) >= 11 is 5.74. The van der Waals surface area contributed by atoms with E-state index in [-0.39, 0.29) is 29.1 Å². The van der Waals surface area contributed by atoms with E-state index in [0.29, 0.717) is 11.1 Å². The third-order valence-corrected chi connectivity index (χ3v) is 6.71. The molecule has 1 unspecified atom stereocenters. The maximum Gasteiger partial charge on any atom is 0.433 e. The van der Waals surface area contributed by atoms with Gasteiger partial charge in [-0.05, 0) is 56.7 Å². The summed E-state index contributed by atoms with van der Waals surface area (Å²) in [5.74, 6) is -1.65. The third kappa shape index (κ3) is 4.38. The molecule has 7 nitrogen and oxygen atoms in total. The molecule has 0 spiro atoms. The molecule has 2 heterocycles. The first kappa shape index (κ1) is 23.0. The molecule has 1 aromatic heterocycles. The fourth-order valence-electron chi connectivity index (χ4n) is 3.12. The van der Waals surface area contributed by atoms with Crippen molar-refractivity contribution in [2.75, 3.05) is 6.54 Å². The first-order valence-corrected chi connectivity index (χ1v) is 10.8. The number of nitrogens with zero attached hydrogens (tertiary/aromatic N) is 2. The van der Waals surface area contributed by atoms with Crippen LogP contribution < -0.4 is 4.72 Å². The Balaban J connectivity index is 1.81. The number of likely N-dealkylation sites (tertiary alicyclic amines) is 1. The Morgan fingerprint density at radius 1 is 1.16 bits per heavy atom. The zero-order chi connectivity index (χ0) is 23.2. The van der Waals surface area contributed by atoms with Crippen LogP contribution in [0.2, 0.25) is 5.02 Å². The van der Waals surface area contributed by atoms with Gasteiger partial charge in [-0.25, -0.2) is 18.1 Å². The van der Waals surface area contributed by atoms with Gasteiger partial charge in [0, 0.05) is 11.6 Å². The Kier molecular flexibility index (Phi) is 5.78. The SMILES string of the molecule is Cc1nc(C(F)(F)F)ccc1C(=O)N1CCC1(C)C(=O)NS(=O)(=O)c1ccc(Cl)cc1. The minimum absolute atomic E-state index is 0.104. The number of pyridine rings is 1. The highest BCUT2D eigenvalue weighted by molar-refractivity contribution is 7.90. The molecule has 1 aliphatic heterocycles. The molecule has 1 aromatic carbocycles. The predicted octanol–water partition coefficient (Wildman–Crippen LogP) is 3.17. The molecule has 31 heavy (non-hydrogen) atoms. The van der Waals surface area contributed by atoms with E-state index < -0.39 is 39.2 Å². The molecule has 1 aliphatic rings. The number of carbonyl (C=O) groups excluding carboxylic acids is 2. The summed E-state index contributed by atoms with van der Waals surface area (Å²) < 4.78 is 65.3. The lowest BCUT2D eigenvalue weighted by Crippen LogP contribution is -2.67. The van der Waals surface area contributed by atoms with E-state index in [0.717, 1.165) is 11.0 Å². The van der Waals surface area contributed by atoms with E-state index in [2.05, 4.69) is 4.98 Å². The summed E-state index contributed by atoms with van der Waals surface area (Å²) in [5, 5.41) is 0.313. The van der Waals surface area contributed by atoms with E-state index in [1.54, 1.807) is 0 Å². The van der Waals surface area contributed by atoms with Crippen LogP contribution >= 0.6 is 11.6 Å². The maximum atomic E-state index is 12.9. The van der Waals surface area contributed by atoms with Gasteiger partial charge in [0.2, 0.25) is 0 Å². The molecule has 0 bridgehead atoms. The highest BCUT2D eigenvalue weighted by Gasteiger charge is 2.51. The van der Waals surface area contributed by atoms with Crippen molar-refractivity contribution in [2.45, 2.75) is 36.9 Å². The molecule has 2 amide bonds. The van der Waals surface area contributed by atoms with Crippen molar-refractivity contribution in [1.82, 2.24) is 14.6 Å². The van der Waals surface area contributed by atoms with Crippen LogP contribution in [-0.2, 0) is 21.0 Å². The topological polar surface area (TPSA) is 96.4 Å². The Morgan fingerprint density at radius 3 is 2.26 bits per heavy atom. The Hall–Kier alpha value is -2.66. The van der Waals surface area contributed by atoms with Gasteiger partial charge in [0.25, 0.3) is 21.8 Å². The van der Waals surface area contributed by atoms with E-state index in [9.17, 15) is 31.2 Å². The first-order chi connectivity index (χ1) is 14.3. The summed E-state index contributed by atoms with van der Waals surface area (Å²) in [6.45, 7) is 2.77. The zero-order valence-corrected chi connectivity index (χ0v) is 17.9. The van der Waals surface area contributed by atoms with Crippen LogP contribution in [0.15, 0.2) is 41.3 Å². The van der Waals surface area contributed by atoms with Crippen molar-refractivity contribution in [3.63, 3.8) is 0 Å². The number of nitrogens with one attached hydrogen (secondary N) is 1. The van der Waals surface area contributed by atoms with Gasteiger partial charge < -0.3 is 4.90 Å². The molecule has 0 aliphatic carbocycles. The number of hydrogen-bond acceptors (Lipinski definition) is 5. The summed E-state index contributed by atoms with van der Waals surface area (Å²) in [6, 6.07) is 6.82. The van der Waals surface area contributed by atoms with Gasteiger partial charge in [-0.3, -0.25) is 9.59 Å². The number of hydrogen-bond donors (Lipinski definition) is 1. The highest BCUT2D eigenvalue weighted by atomic mass is 35.5. The smallest absolute Gasteiger partial charge is 0.324 e. The lowest BCUT2D eigenvalue weighted by molar-refractivity contribution is -0.141. The summed E-state index contributed by atoms with van der Waals surface area (Å²) in [7, 11) is -4.21. The summed E-state index contributed by atoms with van der Waals surface area (Å²) in [6.07, 6.45) is -4.48. The standard InChI is InChI=1S/C19H17ClF3N3O4S/c1-11-14(7-8-15(24-11)19(21,22)23)16(27)26-10-9-18(26,2)17(28)25-31(29,30)13-5-3-12(20)4-6-13/h3-8H,9-10H2,1-2H3,(H,25,28). The van der Waals surface area contributed by atoms with Crippen LogP contribution in [0.25, 0.3) is 0 Å². The van der Waals surface area contributed by atoms with E-state index >= 15 is 0 Å². The molecule has 12 heteroatoms. The van der Waals surface area contributed by atoms with Crippen LogP contribution in [0.4, 0.5) is 13.2 Å². The number of carbonyl (C=O) groups is 2. The normalized spacial score (nSPS) is 19.0. The second-order valence-electron chi connectivity index (χ2n) is 7.20. The van der Waals surface area contributed by atoms with Crippen molar-refractivity contribution in [3.05, 3.63) is 58.4 Å². The average molecular weight is 476 g/mol. The van der Waals surface area contributed by atoms with E-state index in [1.165, 1.54) is 38.1 Å². The van der Waals surface area contributed by atoms with Gasteiger partial charge >= 0.3 is 6.18 Å². The monoisotopic (exact) mass is 475 g/mol. The zero-order valence-electron chi connectivity index (χ0n) is 16.3. The lowest BCUT2D eigenvalue weighted by Gasteiger charge is -2.48. The van der Waals surface area contributed by atoms with Crippen LogP contribution in [0.1, 0.15) is 35.1 Å². The molecule has 0 saturated carbocycles. The summed E-state index contributed by atoms with van der Waals surface area (Å²) in [4.78, 5) is 30.0. The number of alkyl halides is 3. The van der Waals surface area contributed by atoms with Gasteiger partial charge in [0.05, 0.1) is 16.2 Å². The summed E-state index contributed by atoms with van der Waals surface area (Å²) in [5.41, 5.74) is -2.89. The van der Waals surface area contributed by atoms with Crippen molar-refractivity contribution in [3.8, 4) is 0 Å². The molecule has 0 radical (unpaired) electrons. The molecule has 166 valence electrons. The second kappa shape index (κ2) is 7.79. The molecule has 1 N–H and O–H groups in total. The van der Waals surface area contributed by atoms with Crippen LogP contribution in [0, 0.1) is 6.92 Å². The van der Waals surface area contributed by atoms with Crippen molar-refractivity contribution in [1.29, 1.82) is 0 Å². The molecule has 2 aromatic rings. The molecule has 1 saturated heterocycles. The number of rotatable bonds is 4. The Labute approximate surface area is 181 Å². The molecule has 1 atom stereocenters. The third-order valence-electron chi connectivity index (χ3n) is 5.11. The highest BCUT2D eigenvalue weighted by Crippen LogP contribution is 2.34. The lowest BCUT2D eigenvalue weighted by atomic mass is 9.85. The van der Waals surface area contributed by atoms with Crippen LogP contribution in [0.5, 0.6) is 0 Å². The number of aryl methyl sites for hydroxylation is 1. The van der Waals surface area contributed by atoms with E-state index in [1.807, 2.05) is 4.72 Å². The van der Waals surface area contributed by atoms with Gasteiger partial charge in [0.1, 0.15) is 11.2 Å². The largest absolute Gasteiger partial charge is 0.433 e. The Bertz CT molecular complexity index is 1150. The first-order valence-electron chi connectivity index (χ1n) is 8.95. The average Bonchev–Trinajstić information content (AvgIpc) is 2.65. The van der Waals surface area contributed by atoms with Gasteiger partial charge in [-0.15, -0.1) is 0 Å². The molecule has 3 rings (SSSR count). The molecular formula is C19H17ClF3N3O4S. The number of sulfonamides is 1. The van der Waals surface area contributed by atoms with Crippen molar-refractivity contribution in [2.24, 2.45) is 0 Å². The fraction of sp³-hybridized carbons (Fsp3) is 0.316. The quantitative estimate of drug-likeness (QED) is 0.732. The molecule has 1 fully saturated rings. The predicted molar refractivity (Wildman–Crippen MR) is 105 cm³/mol. The van der Waals surface area contributed by atoms with Gasteiger partial charge in [-0.2, -0.15) is 13.2 Å². The number of amides is 2. The van der Waals surface area contributed by atoms with Crippen LogP contribution in [0.3, 0.4) is 0 Å². The minimum Gasteiger partial charge on any atom is -0.324 e. The van der Waals surface area contributed by atoms with Gasteiger partial charge in [-0.1, -0.05) is 11.6 Å². The number of aromatic nitrogens is 1. The maximum absolute atomic E-state index is 12.9. The molecular weight excluding hydrogens is 459 g/mol. The van der Waals surface area contributed by atoms with Crippen molar-refractivity contribution >= 4 is 33.4 Å². The van der Waals surface area contributed by atoms with Gasteiger partial charge in [0.15, 0.2) is 0 Å². The minimum atomic E-state index is -4.66. The number of halogens is 4. The number of benzene rings is 1. The van der Waals surface area contributed by atoms with E-state index in [4.69, 9.17) is 11.6 Å². The fourth-order valence-corrected chi connectivity index (χ4v) is 4.32.